The zero-order valence-electron chi connectivity index (χ0n) is 9.76. The maximum Gasteiger partial charge on any atom is 0.191 e. The van der Waals surface area contributed by atoms with E-state index in [-0.39, 0.29) is 24.0 Å². The Morgan fingerprint density at radius 3 is 2.82 bits per heavy atom. The monoisotopic (exact) mass is 384 g/mol. The van der Waals surface area contributed by atoms with Crippen molar-refractivity contribution in [2.75, 3.05) is 24.6 Å². The van der Waals surface area contributed by atoms with Crippen LogP contribution in [0.3, 0.4) is 0 Å². The van der Waals surface area contributed by atoms with Gasteiger partial charge in [0, 0.05) is 35.7 Å². The van der Waals surface area contributed by atoms with Crippen molar-refractivity contribution in [1.29, 1.82) is 0 Å². The molecule has 2 rings (SSSR count). The lowest BCUT2D eigenvalue weighted by Gasteiger charge is -2.27. The van der Waals surface area contributed by atoms with Gasteiger partial charge in [-0.05, 0) is 6.92 Å². The molecule has 0 radical (unpaired) electrons. The highest BCUT2D eigenvalue weighted by atomic mass is 127. The molecule has 0 spiro atoms. The fraction of sp³-hybridized carbons (Fsp3) is 0.600. The van der Waals surface area contributed by atoms with Crippen LogP contribution in [0.4, 0.5) is 0 Å². The van der Waals surface area contributed by atoms with E-state index in [9.17, 15) is 0 Å². The Morgan fingerprint density at radius 2 is 2.24 bits per heavy atom. The molecule has 17 heavy (non-hydrogen) atoms. The second-order valence-electron chi connectivity index (χ2n) is 3.66. The topological polar surface area (TPSA) is 54.5 Å². The van der Waals surface area contributed by atoms with Crippen molar-refractivity contribution in [2.45, 2.75) is 13.5 Å². The Bertz CT molecular complexity index is 374. The molecular weight excluding hydrogens is 367 g/mol. The maximum atomic E-state index is 5.95. The van der Waals surface area contributed by atoms with Gasteiger partial charge < -0.3 is 10.6 Å². The van der Waals surface area contributed by atoms with Crippen LogP contribution in [0.5, 0.6) is 0 Å². The van der Waals surface area contributed by atoms with Crippen molar-refractivity contribution in [1.82, 2.24) is 9.88 Å². The van der Waals surface area contributed by atoms with Crippen LogP contribution in [0.15, 0.2) is 10.4 Å². The Morgan fingerprint density at radius 1 is 1.53 bits per heavy atom. The molecule has 0 atom stereocenters. The average molecular weight is 384 g/mol. The number of aliphatic imine (C=N–C) groups is 1. The number of hydrogen-bond acceptors (Lipinski definition) is 4. The van der Waals surface area contributed by atoms with E-state index in [1.165, 1.54) is 0 Å². The summed E-state index contributed by atoms with van der Waals surface area (Å²) < 4.78 is 0. The van der Waals surface area contributed by atoms with Crippen LogP contribution in [-0.2, 0) is 6.54 Å². The largest absolute Gasteiger partial charge is 0.370 e. The number of aromatic nitrogens is 1. The summed E-state index contributed by atoms with van der Waals surface area (Å²) in [6.45, 7) is 4.62. The van der Waals surface area contributed by atoms with Crippen LogP contribution in [0.1, 0.15) is 10.7 Å². The molecule has 0 bridgehead atoms. The average Bonchev–Trinajstić information content (AvgIpc) is 2.73. The predicted molar refractivity (Wildman–Crippen MR) is 86.5 cm³/mol. The quantitative estimate of drug-likeness (QED) is 0.481. The summed E-state index contributed by atoms with van der Waals surface area (Å²) in [6.07, 6.45) is 0. The lowest BCUT2D eigenvalue weighted by Crippen LogP contribution is -2.42. The molecule has 0 saturated carbocycles. The highest BCUT2D eigenvalue weighted by Gasteiger charge is 2.11. The molecule has 96 valence electrons. The number of hydrogen-bond donors (Lipinski definition) is 1. The van der Waals surface area contributed by atoms with Gasteiger partial charge in [-0.25, -0.2) is 9.98 Å². The second kappa shape index (κ2) is 7.42. The second-order valence-corrected chi connectivity index (χ2v) is 5.82. The van der Waals surface area contributed by atoms with E-state index in [2.05, 4.69) is 14.9 Å². The predicted octanol–water partition coefficient (Wildman–Crippen LogP) is 1.93. The van der Waals surface area contributed by atoms with Crippen LogP contribution in [0.25, 0.3) is 0 Å². The van der Waals surface area contributed by atoms with Crippen LogP contribution >= 0.6 is 47.1 Å². The summed E-state index contributed by atoms with van der Waals surface area (Å²) in [7, 11) is 0. The summed E-state index contributed by atoms with van der Waals surface area (Å²) in [4.78, 5) is 10.9. The maximum absolute atomic E-state index is 5.95. The number of aryl methyl sites for hydroxylation is 1. The van der Waals surface area contributed by atoms with Gasteiger partial charge in [0.05, 0.1) is 6.54 Å². The third-order valence-corrected chi connectivity index (χ3v) is 4.27. The molecule has 1 aromatic rings. The molecular formula is C10H17IN4S2. The summed E-state index contributed by atoms with van der Waals surface area (Å²) in [5, 5.41) is 3.07. The molecule has 2 N–H and O–H groups in total. The van der Waals surface area contributed by atoms with E-state index >= 15 is 0 Å². The zero-order chi connectivity index (χ0) is 11.4. The molecule has 4 nitrogen and oxygen atoms in total. The number of rotatable bonds is 2. The minimum Gasteiger partial charge on any atom is -0.370 e. The van der Waals surface area contributed by atoms with Crippen LogP contribution < -0.4 is 5.73 Å². The molecule has 2 heterocycles. The summed E-state index contributed by atoms with van der Waals surface area (Å²) in [5.74, 6) is 2.95. The van der Waals surface area contributed by atoms with Gasteiger partial charge in [-0.15, -0.1) is 35.3 Å². The van der Waals surface area contributed by atoms with Gasteiger partial charge in [0.25, 0.3) is 0 Å². The molecule has 0 aromatic carbocycles. The third-order valence-electron chi connectivity index (χ3n) is 2.38. The van der Waals surface area contributed by atoms with E-state index in [1.807, 2.05) is 24.1 Å². The van der Waals surface area contributed by atoms with Crippen molar-refractivity contribution in [3.8, 4) is 0 Å². The van der Waals surface area contributed by atoms with Crippen molar-refractivity contribution < 1.29 is 0 Å². The lowest BCUT2D eigenvalue weighted by atomic mass is 10.5. The number of nitrogens with zero attached hydrogens (tertiary/aromatic N) is 3. The molecule has 1 aromatic heterocycles. The highest BCUT2D eigenvalue weighted by molar-refractivity contribution is 14.0. The first-order valence-corrected chi connectivity index (χ1v) is 7.33. The number of nitrogens with two attached hydrogens (primary N) is 1. The molecule has 1 aliphatic rings. The smallest absolute Gasteiger partial charge is 0.191 e. The highest BCUT2D eigenvalue weighted by Crippen LogP contribution is 2.11. The molecule has 1 fully saturated rings. The number of thiazole rings is 1. The van der Waals surface area contributed by atoms with Gasteiger partial charge in [-0.1, -0.05) is 0 Å². The number of halogens is 1. The molecule has 0 amide bonds. The lowest BCUT2D eigenvalue weighted by molar-refractivity contribution is 0.455. The molecule has 0 unspecified atom stereocenters. The summed E-state index contributed by atoms with van der Waals surface area (Å²) in [5.41, 5.74) is 7.01. The van der Waals surface area contributed by atoms with Crippen molar-refractivity contribution in [2.24, 2.45) is 10.7 Å². The number of guanidine groups is 1. The van der Waals surface area contributed by atoms with E-state index < -0.39 is 0 Å². The molecule has 1 saturated heterocycles. The SMILES string of the molecule is Cc1csc(CN=C(N)N2CCSCC2)n1.I. The van der Waals surface area contributed by atoms with Gasteiger partial charge in [0.15, 0.2) is 5.96 Å². The first kappa shape index (κ1) is 15.0. The Hall–Kier alpha value is -0.0200. The van der Waals surface area contributed by atoms with Gasteiger partial charge in [-0.3, -0.25) is 0 Å². The fourth-order valence-electron chi connectivity index (χ4n) is 1.52. The van der Waals surface area contributed by atoms with Gasteiger partial charge >= 0.3 is 0 Å². The molecule has 7 heteroatoms. The zero-order valence-corrected chi connectivity index (χ0v) is 13.7. The van der Waals surface area contributed by atoms with Gasteiger partial charge in [0.2, 0.25) is 0 Å². The first-order chi connectivity index (χ1) is 7.75. The summed E-state index contributed by atoms with van der Waals surface area (Å²) >= 11 is 3.61. The Labute approximate surface area is 127 Å². The normalized spacial score (nSPS) is 16.8. The van der Waals surface area contributed by atoms with Crippen molar-refractivity contribution in [3.63, 3.8) is 0 Å². The molecule has 0 aliphatic carbocycles. The Kier molecular flexibility index (Phi) is 6.57. The first-order valence-electron chi connectivity index (χ1n) is 5.29. The van der Waals surface area contributed by atoms with Crippen molar-refractivity contribution >= 4 is 53.0 Å². The molecule has 1 aliphatic heterocycles. The van der Waals surface area contributed by atoms with E-state index in [1.54, 1.807) is 11.3 Å². The minimum absolute atomic E-state index is 0. The van der Waals surface area contributed by atoms with E-state index in [0.717, 1.165) is 35.3 Å². The standard InChI is InChI=1S/C10H16N4S2.HI/c1-8-7-16-9(13-8)6-12-10(11)14-2-4-15-5-3-14;/h7H,2-6H2,1H3,(H2,11,12);1H. The summed E-state index contributed by atoms with van der Waals surface area (Å²) in [6, 6.07) is 0. The van der Waals surface area contributed by atoms with Crippen LogP contribution in [0, 0.1) is 6.92 Å². The fourth-order valence-corrected chi connectivity index (χ4v) is 3.11. The van der Waals surface area contributed by atoms with Crippen LogP contribution in [-0.4, -0.2) is 40.4 Å². The van der Waals surface area contributed by atoms with Gasteiger partial charge in [0.1, 0.15) is 5.01 Å². The minimum atomic E-state index is 0. The van der Waals surface area contributed by atoms with E-state index in [4.69, 9.17) is 5.73 Å². The van der Waals surface area contributed by atoms with Crippen LogP contribution in [0.2, 0.25) is 0 Å². The van der Waals surface area contributed by atoms with Crippen molar-refractivity contribution in [3.05, 3.63) is 16.1 Å². The number of thioether (sulfide) groups is 1. The third kappa shape index (κ3) is 4.63. The Balaban J connectivity index is 0.00000144. The van der Waals surface area contributed by atoms with E-state index in [0.29, 0.717) is 12.5 Å². The van der Waals surface area contributed by atoms with Gasteiger partial charge in [-0.2, -0.15) is 11.8 Å².